The molecule has 0 aliphatic carbocycles. The zero-order valence-corrected chi connectivity index (χ0v) is 12.9. The fraction of sp³-hybridized carbons (Fsp3) is 0.412. The van der Waals surface area contributed by atoms with Crippen molar-refractivity contribution in [2.75, 3.05) is 18.0 Å². The van der Waals surface area contributed by atoms with Crippen molar-refractivity contribution in [2.24, 2.45) is 0 Å². The summed E-state index contributed by atoms with van der Waals surface area (Å²) in [6, 6.07) is 9.03. The molecule has 1 N–H and O–H groups in total. The molecule has 0 atom stereocenters. The molecule has 0 bridgehead atoms. The van der Waals surface area contributed by atoms with Gasteiger partial charge in [-0.15, -0.1) is 0 Å². The Morgan fingerprint density at radius 3 is 2.45 bits per heavy atom. The molecule has 0 radical (unpaired) electrons. The van der Waals surface area contributed by atoms with Crippen LogP contribution in [0.25, 0.3) is 0 Å². The SMILES string of the molecule is Cc1cscc1CNCc1ccc(N2CCCC2)cc1. The van der Waals surface area contributed by atoms with Gasteiger partial charge >= 0.3 is 0 Å². The molecule has 20 heavy (non-hydrogen) atoms. The van der Waals surface area contributed by atoms with Crippen molar-refractivity contribution in [3.8, 4) is 0 Å². The van der Waals surface area contributed by atoms with Crippen LogP contribution < -0.4 is 10.2 Å². The van der Waals surface area contributed by atoms with Crippen molar-refractivity contribution in [1.82, 2.24) is 5.32 Å². The Morgan fingerprint density at radius 1 is 1.05 bits per heavy atom. The number of thiophene rings is 1. The van der Waals surface area contributed by atoms with Gasteiger partial charge in [-0.05, 0) is 59.3 Å². The summed E-state index contributed by atoms with van der Waals surface area (Å²) >= 11 is 1.78. The van der Waals surface area contributed by atoms with E-state index in [-0.39, 0.29) is 0 Å². The van der Waals surface area contributed by atoms with Crippen LogP contribution in [0.3, 0.4) is 0 Å². The average Bonchev–Trinajstić information content (AvgIpc) is 3.12. The largest absolute Gasteiger partial charge is 0.372 e. The number of anilines is 1. The Bertz CT molecular complexity index is 538. The molecule has 106 valence electrons. The van der Waals surface area contributed by atoms with E-state index in [9.17, 15) is 0 Å². The zero-order chi connectivity index (χ0) is 13.8. The van der Waals surface area contributed by atoms with Gasteiger partial charge in [0, 0.05) is 31.9 Å². The highest BCUT2D eigenvalue weighted by Gasteiger charge is 2.11. The minimum atomic E-state index is 0.940. The lowest BCUT2D eigenvalue weighted by atomic mass is 10.2. The number of nitrogens with one attached hydrogen (secondary N) is 1. The molecule has 1 aromatic carbocycles. The molecule has 2 aromatic rings. The third-order valence-corrected chi connectivity index (χ3v) is 4.92. The summed E-state index contributed by atoms with van der Waals surface area (Å²) in [4.78, 5) is 2.48. The van der Waals surface area contributed by atoms with E-state index in [2.05, 4.69) is 52.2 Å². The maximum Gasteiger partial charge on any atom is 0.0366 e. The first kappa shape index (κ1) is 13.7. The highest BCUT2D eigenvalue weighted by molar-refractivity contribution is 7.08. The first-order valence-electron chi connectivity index (χ1n) is 7.39. The molecule has 0 amide bonds. The lowest BCUT2D eigenvalue weighted by molar-refractivity contribution is 0.692. The van der Waals surface area contributed by atoms with Crippen LogP contribution in [-0.2, 0) is 13.1 Å². The van der Waals surface area contributed by atoms with Gasteiger partial charge in [0.25, 0.3) is 0 Å². The van der Waals surface area contributed by atoms with Gasteiger partial charge in [-0.25, -0.2) is 0 Å². The number of hydrogen-bond acceptors (Lipinski definition) is 3. The second-order valence-corrected chi connectivity index (χ2v) is 6.29. The summed E-state index contributed by atoms with van der Waals surface area (Å²) in [6.45, 7) is 6.52. The second-order valence-electron chi connectivity index (χ2n) is 5.54. The van der Waals surface area contributed by atoms with Crippen molar-refractivity contribution < 1.29 is 0 Å². The van der Waals surface area contributed by atoms with Gasteiger partial charge in [0.1, 0.15) is 0 Å². The number of rotatable bonds is 5. The molecule has 0 unspecified atom stereocenters. The second kappa shape index (κ2) is 6.42. The molecular formula is C17H22N2S. The van der Waals surface area contributed by atoms with E-state index in [1.54, 1.807) is 11.3 Å². The van der Waals surface area contributed by atoms with Gasteiger partial charge in [-0.1, -0.05) is 12.1 Å². The highest BCUT2D eigenvalue weighted by Crippen LogP contribution is 2.20. The first-order valence-corrected chi connectivity index (χ1v) is 8.33. The molecule has 1 aliphatic heterocycles. The van der Waals surface area contributed by atoms with E-state index < -0.39 is 0 Å². The molecular weight excluding hydrogens is 264 g/mol. The van der Waals surface area contributed by atoms with Crippen LogP contribution in [0.2, 0.25) is 0 Å². The zero-order valence-electron chi connectivity index (χ0n) is 12.1. The molecule has 3 rings (SSSR count). The summed E-state index contributed by atoms with van der Waals surface area (Å²) < 4.78 is 0. The fourth-order valence-corrected chi connectivity index (χ4v) is 3.57. The van der Waals surface area contributed by atoms with Gasteiger partial charge in [0.2, 0.25) is 0 Å². The van der Waals surface area contributed by atoms with Crippen molar-refractivity contribution in [3.05, 3.63) is 51.7 Å². The Morgan fingerprint density at radius 2 is 1.80 bits per heavy atom. The lowest BCUT2D eigenvalue weighted by Crippen LogP contribution is -2.17. The maximum absolute atomic E-state index is 3.53. The first-order chi connectivity index (χ1) is 9.83. The minimum absolute atomic E-state index is 0.940. The fourth-order valence-electron chi connectivity index (χ4n) is 2.71. The predicted octanol–water partition coefficient (Wildman–Crippen LogP) is 3.95. The molecule has 1 fully saturated rings. The van der Waals surface area contributed by atoms with E-state index in [0.717, 1.165) is 13.1 Å². The summed E-state index contributed by atoms with van der Waals surface area (Å²) in [5.74, 6) is 0. The van der Waals surface area contributed by atoms with E-state index in [4.69, 9.17) is 0 Å². The van der Waals surface area contributed by atoms with Crippen molar-refractivity contribution in [1.29, 1.82) is 0 Å². The van der Waals surface area contributed by atoms with E-state index in [1.165, 1.54) is 48.3 Å². The topological polar surface area (TPSA) is 15.3 Å². The third kappa shape index (κ3) is 3.22. The van der Waals surface area contributed by atoms with Crippen LogP contribution in [0.1, 0.15) is 29.5 Å². The molecule has 1 aliphatic rings. The van der Waals surface area contributed by atoms with Crippen LogP contribution in [-0.4, -0.2) is 13.1 Å². The van der Waals surface area contributed by atoms with Crippen LogP contribution in [0.15, 0.2) is 35.0 Å². The predicted molar refractivity (Wildman–Crippen MR) is 87.5 cm³/mol. The number of hydrogen-bond donors (Lipinski definition) is 1. The van der Waals surface area contributed by atoms with Crippen LogP contribution >= 0.6 is 11.3 Å². The van der Waals surface area contributed by atoms with E-state index in [1.807, 2.05) is 0 Å². The molecule has 0 spiro atoms. The minimum Gasteiger partial charge on any atom is -0.372 e. The summed E-state index contributed by atoms with van der Waals surface area (Å²) in [5, 5.41) is 7.97. The number of benzene rings is 1. The van der Waals surface area contributed by atoms with Crippen LogP contribution in [0.5, 0.6) is 0 Å². The lowest BCUT2D eigenvalue weighted by Gasteiger charge is -2.17. The van der Waals surface area contributed by atoms with Crippen molar-refractivity contribution >= 4 is 17.0 Å². The van der Waals surface area contributed by atoms with Gasteiger partial charge in [0.15, 0.2) is 0 Å². The molecule has 0 saturated carbocycles. The van der Waals surface area contributed by atoms with Crippen LogP contribution in [0.4, 0.5) is 5.69 Å². The monoisotopic (exact) mass is 286 g/mol. The van der Waals surface area contributed by atoms with Gasteiger partial charge < -0.3 is 10.2 Å². The quantitative estimate of drug-likeness (QED) is 0.895. The Hall–Kier alpha value is -1.32. The molecule has 1 aromatic heterocycles. The van der Waals surface area contributed by atoms with E-state index in [0.29, 0.717) is 0 Å². The normalized spacial score (nSPS) is 14.9. The van der Waals surface area contributed by atoms with Gasteiger partial charge in [0.05, 0.1) is 0 Å². The summed E-state index contributed by atoms with van der Waals surface area (Å²) in [5.41, 5.74) is 5.55. The molecule has 2 nitrogen and oxygen atoms in total. The maximum atomic E-state index is 3.53. The Labute approximate surface area is 125 Å². The van der Waals surface area contributed by atoms with Crippen molar-refractivity contribution in [3.63, 3.8) is 0 Å². The third-order valence-electron chi connectivity index (χ3n) is 4.01. The molecule has 1 saturated heterocycles. The summed E-state index contributed by atoms with van der Waals surface area (Å²) in [6.07, 6.45) is 2.67. The van der Waals surface area contributed by atoms with Crippen molar-refractivity contribution in [2.45, 2.75) is 32.9 Å². The van der Waals surface area contributed by atoms with Gasteiger partial charge in [-0.3, -0.25) is 0 Å². The smallest absolute Gasteiger partial charge is 0.0366 e. The average molecular weight is 286 g/mol. The van der Waals surface area contributed by atoms with Gasteiger partial charge in [-0.2, -0.15) is 11.3 Å². The standard InChI is InChI=1S/C17H22N2S/c1-14-12-20-13-16(14)11-18-10-15-4-6-17(7-5-15)19-8-2-3-9-19/h4-7,12-13,18H,2-3,8-11H2,1H3. The molecule has 2 heterocycles. The Kier molecular flexibility index (Phi) is 4.38. The van der Waals surface area contributed by atoms with E-state index >= 15 is 0 Å². The molecule has 3 heteroatoms. The number of aryl methyl sites for hydroxylation is 1. The Balaban J connectivity index is 1.52. The highest BCUT2D eigenvalue weighted by atomic mass is 32.1. The number of nitrogens with zero attached hydrogens (tertiary/aromatic N) is 1. The van der Waals surface area contributed by atoms with Crippen LogP contribution in [0, 0.1) is 6.92 Å². The summed E-state index contributed by atoms with van der Waals surface area (Å²) in [7, 11) is 0.